The Labute approximate surface area is 168 Å². The molecular weight excluding hydrogens is 366 g/mol. The van der Waals surface area contributed by atoms with Crippen molar-refractivity contribution in [3.05, 3.63) is 72.1 Å². The lowest BCUT2D eigenvalue weighted by Crippen LogP contribution is -2.40. The van der Waals surface area contributed by atoms with Crippen molar-refractivity contribution in [2.24, 2.45) is 0 Å². The van der Waals surface area contributed by atoms with Crippen molar-refractivity contribution in [2.45, 2.75) is 19.4 Å². The molecule has 1 N–H and O–H groups in total. The van der Waals surface area contributed by atoms with Gasteiger partial charge in [0.1, 0.15) is 12.7 Å². The number of pyridine rings is 1. The van der Waals surface area contributed by atoms with Crippen LogP contribution in [0.25, 0.3) is 11.1 Å². The van der Waals surface area contributed by atoms with Gasteiger partial charge in [0.25, 0.3) is 5.91 Å². The molecule has 6 heteroatoms. The van der Waals surface area contributed by atoms with Crippen molar-refractivity contribution in [2.75, 3.05) is 11.9 Å². The largest absolute Gasteiger partial charge is 0.485 e. The maximum atomic E-state index is 12.7. The molecule has 0 bridgehead atoms. The molecule has 1 atom stereocenters. The predicted molar refractivity (Wildman–Crippen MR) is 109 cm³/mol. The van der Waals surface area contributed by atoms with Crippen molar-refractivity contribution in [3.8, 4) is 28.7 Å². The Hall–Kier alpha value is -3.85. The number of nitrogens with one attached hydrogen (secondary N) is 1. The third-order valence-corrected chi connectivity index (χ3v) is 4.80. The van der Waals surface area contributed by atoms with E-state index in [9.17, 15) is 10.1 Å². The van der Waals surface area contributed by atoms with Gasteiger partial charge in [-0.15, -0.1) is 0 Å². The molecule has 1 aromatic heterocycles. The van der Waals surface area contributed by atoms with Crippen LogP contribution >= 0.6 is 0 Å². The van der Waals surface area contributed by atoms with Gasteiger partial charge in [-0.1, -0.05) is 25.1 Å². The van der Waals surface area contributed by atoms with Gasteiger partial charge >= 0.3 is 0 Å². The molecule has 1 unspecified atom stereocenters. The monoisotopic (exact) mass is 385 g/mol. The van der Waals surface area contributed by atoms with Gasteiger partial charge in [0.2, 0.25) is 6.10 Å². The number of carbonyl (C=O) groups excluding carboxylic acids is 1. The fourth-order valence-electron chi connectivity index (χ4n) is 3.27. The van der Waals surface area contributed by atoms with Crippen LogP contribution in [0.15, 0.2) is 60.9 Å². The number of para-hydroxylation sites is 2. The number of aryl methyl sites for hydroxylation is 1. The fourth-order valence-corrected chi connectivity index (χ4v) is 3.27. The van der Waals surface area contributed by atoms with Gasteiger partial charge in [-0.25, -0.2) is 0 Å². The van der Waals surface area contributed by atoms with Crippen LogP contribution in [0, 0.1) is 11.3 Å². The van der Waals surface area contributed by atoms with Gasteiger partial charge < -0.3 is 14.8 Å². The van der Waals surface area contributed by atoms with Gasteiger partial charge in [-0.2, -0.15) is 5.26 Å². The molecule has 0 saturated carbocycles. The zero-order chi connectivity index (χ0) is 20.2. The van der Waals surface area contributed by atoms with Gasteiger partial charge in [-0.3, -0.25) is 9.78 Å². The highest BCUT2D eigenvalue weighted by Gasteiger charge is 2.27. The van der Waals surface area contributed by atoms with Crippen LogP contribution in [0.3, 0.4) is 0 Å². The van der Waals surface area contributed by atoms with Gasteiger partial charge in [-0.05, 0) is 47.9 Å². The van der Waals surface area contributed by atoms with Gasteiger partial charge in [0.05, 0.1) is 5.56 Å². The second-order valence-corrected chi connectivity index (χ2v) is 6.61. The highest BCUT2D eigenvalue weighted by Crippen LogP contribution is 2.32. The molecule has 1 aliphatic heterocycles. The number of benzene rings is 2. The molecule has 2 heterocycles. The Kier molecular flexibility index (Phi) is 5.12. The van der Waals surface area contributed by atoms with Crippen LogP contribution in [0.4, 0.5) is 5.69 Å². The molecule has 6 nitrogen and oxygen atoms in total. The van der Waals surface area contributed by atoms with E-state index in [2.05, 4.69) is 16.4 Å². The average molecular weight is 385 g/mol. The number of ether oxygens (including phenoxy) is 2. The van der Waals surface area contributed by atoms with Crippen molar-refractivity contribution >= 4 is 11.6 Å². The maximum Gasteiger partial charge on any atom is 0.269 e. The normalized spacial score (nSPS) is 14.7. The summed E-state index contributed by atoms with van der Waals surface area (Å²) in [5.74, 6) is 0.941. The third-order valence-electron chi connectivity index (χ3n) is 4.80. The first-order valence-electron chi connectivity index (χ1n) is 9.36. The Morgan fingerprint density at radius 2 is 2.07 bits per heavy atom. The first kappa shape index (κ1) is 18.5. The van der Waals surface area contributed by atoms with E-state index in [1.54, 1.807) is 18.5 Å². The zero-order valence-corrected chi connectivity index (χ0v) is 15.9. The van der Waals surface area contributed by atoms with E-state index >= 15 is 0 Å². The van der Waals surface area contributed by atoms with Crippen molar-refractivity contribution in [1.29, 1.82) is 5.26 Å². The molecular formula is C23H19N3O3. The molecule has 1 amide bonds. The summed E-state index contributed by atoms with van der Waals surface area (Å²) >= 11 is 0. The number of aromatic nitrogens is 1. The highest BCUT2D eigenvalue weighted by molar-refractivity contribution is 5.95. The maximum absolute atomic E-state index is 12.7. The minimum atomic E-state index is -0.723. The van der Waals surface area contributed by atoms with E-state index in [1.165, 1.54) is 0 Å². The van der Waals surface area contributed by atoms with Crippen LogP contribution in [-0.2, 0) is 11.2 Å². The predicted octanol–water partition coefficient (Wildman–Crippen LogP) is 3.96. The van der Waals surface area contributed by atoms with E-state index < -0.39 is 6.10 Å². The van der Waals surface area contributed by atoms with Crippen LogP contribution in [0.1, 0.15) is 18.1 Å². The van der Waals surface area contributed by atoms with Crippen molar-refractivity contribution in [3.63, 3.8) is 0 Å². The Balaban J connectivity index is 1.55. The average Bonchev–Trinajstić information content (AvgIpc) is 2.79. The van der Waals surface area contributed by atoms with E-state index in [-0.39, 0.29) is 12.5 Å². The number of nitrogens with zero attached hydrogens (tertiary/aromatic N) is 2. The second-order valence-electron chi connectivity index (χ2n) is 6.61. The Morgan fingerprint density at radius 3 is 2.86 bits per heavy atom. The fraction of sp³-hybridized carbons (Fsp3) is 0.174. The van der Waals surface area contributed by atoms with Crippen molar-refractivity contribution < 1.29 is 14.3 Å². The molecule has 0 fully saturated rings. The standard InChI is InChI=1S/C23H19N3O3/c1-2-15-11-16(18-9-10-25-13-17(18)12-24)7-8-19(15)26-23(27)22-14-28-20-5-3-4-6-21(20)29-22/h3-11,13,22H,2,14H2,1H3,(H,26,27). The van der Waals surface area contributed by atoms with Crippen LogP contribution in [0.2, 0.25) is 0 Å². The van der Waals surface area contributed by atoms with Crippen molar-refractivity contribution in [1.82, 2.24) is 4.98 Å². The molecule has 29 heavy (non-hydrogen) atoms. The summed E-state index contributed by atoms with van der Waals surface area (Å²) in [6, 6.07) is 17.0. The molecule has 2 aromatic carbocycles. The quantitative estimate of drug-likeness (QED) is 0.735. The summed E-state index contributed by atoms with van der Waals surface area (Å²) in [5, 5.41) is 12.3. The van der Waals surface area contributed by atoms with Crippen LogP contribution in [-0.4, -0.2) is 23.6 Å². The zero-order valence-electron chi connectivity index (χ0n) is 15.9. The lowest BCUT2D eigenvalue weighted by atomic mass is 9.98. The minimum absolute atomic E-state index is 0.158. The number of anilines is 1. The summed E-state index contributed by atoms with van der Waals surface area (Å²) in [7, 11) is 0. The Morgan fingerprint density at radius 1 is 1.24 bits per heavy atom. The summed E-state index contributed by atoms with van der Waals surface area (Å²) in [5.41, 5.74) is 3.92. The van der Waals surface area contributed by atoms with Crippen LogP contribution in [0.5, 0.6) is 11.5 Å². The summed E-state index contributed by atoms with van der Waals surface area (Å²) in [6.07, 6.45) is 3.21. The number of carbonyl (C=O) groups is 1. The van der Waals surface area contributed by atoms with E-state index in [4.69, 9.17) is 9.47 Å². The molecule has 3 aromatic rings. The first-order chi connectivity index (χ1) is 14.2. The minimum Gasteiger partial charge on any atom is -0.485 e. The molecule has 0 saturated heterocycles. The molecule has 144 valence electrons. The molecule has 0 radical (unpaired) electrons. The number of hydrogen-bond donors (Lipinski definition) is 1. The highest BCUT2D eigenvalue weighted by atomic mass is 16.6. The number of rotatable bonds is 4. The van der Waals surface area contributed by atoms with Gasteiger partial charge in [0.15, 0.2) is 11.5 Å². The number of nitriles is 1. The number of amides is 1. The Bertz CT molecular complexity index is 1100. The van der Waals surface area contributed by atoms with Gasteiger partial charge in [0, 0.05) is 23.6 Å². The lowest BCUT2D eigenvalue weighted by Gasteiger charge is -2.26. The smallest absolute Gasteiger partial charge is 0.269 e. The number of hydrogen-bond acceptors (Lipinski definition) is 5. The number of fused-ring (bicyclic) bond motifs is 1. The summed E-state index contributed by atoms with van der Waals surface area (Å²) in [6.45, 7) is 2.17. The topological polar surface area (TPSA) is 84.2 Å². The molecule has 0 spiro atoms. The summed E-state index contributed by atoms with van der Waals surface area (Å²) < 4.78 is 11.4. The van der Waals surface area contributed by atoms with Crippen LogP contribution < -0.4 is 14.8 Å². The third kappa shape index (κ3) is 3.76. The summed E-state index contributed by atoms with van der Waals surface area (Å²) in [4.78, 5) is 16.7. The first-order valence-corrected chi connectivity index (χ1v) is 9.36. The van der Waals surface area contributed by atoms with E-state index in [1.807, 2.05) is 49.4 Å². The lowest BCUT2D eigenvalue weighted by molar-refractivity contribution is -0.125. The second kappa shape index (κ2) is 8.03. The van der Waals surface area contributed by atoms with E-state index in [0.717, 1.165) is 28.8 Å². The molecule has 4 rings (SSSR count). The van der Waals surface area contributed by atoms with E-state index in [0.29, 0.717) is 17.1 Å². The molecule has 0 aliphatic carbocycles. The SMILES string of the molecule is CCc1cc(-c2ccncc2C#N)ccc1NC(=O)C1COc2ccccc2O1. The molecule has 1 aliphatic rings.